The molecule has 4 heteroatoms. The summed E-state index contributed by atoms with van der Waals surface area (Å²) in [6.07, 6.45) is 2.79. The van der Waals surface area contributed by atoms with Crippen molar-refractivity contribution < 1.29 is 0 Å². The highest BCUT2D eigenvalue weighted by Crippen LogP contribution is 2.26. The molecule has 1 rings (SSSR count). The van der Waals surface area contributed by atoms with Crippen LogP contribution in [0, 0.1) is 6.92 Å². The molecule has 0 aliphatic carbocycles. The Labute approximate surface area is 105 Å². The lowest BCUT2D eigenvalue weighted by atomic mass is 10.2. The highest BCUT2D eigenvalue weighted by atomic mass is 79.9. The van der Waals surface area contributed by atoms with Crippen molar-refractivity contribution in [2.45, 2.75) is 25.6 Å². The van der Waals surface area contributed by atoms with Crippen molar-refractivity contribution in [1.29, 1.82) is 0 Å². The van der Waals surface area contributed by atoms with E-state index in [1.807, 2.05) is 26.2 Å². The molecule has 2 nitrogen and oxygen atoms in total. The molecule has 0 saturated carbocycles. The maximum absolute atomic E-state index is 5.92. The zero-order valence-corrected chi connectivity index (χ0v) is 11.6. The number of hydrogen-bond donors (Lipinski definition) is 0. The summed E-state index contributed by atoms with van der Waals surface area (Å²) >= 11 is 9.47. The van der Waals surface area contributed by atoms with Crippen molar-refractivity contribution in [3.05, 3.63) is 22.3 Å². The zero-order chi connectivity index (χ0) is 11.4. The van der Waals surface area contributed by atoms with Gasteiger partial charge in [0.1, 0.15) is 5.82 Å². The van der Waals surface area contributed by atoms with Crippen LogP contribution in [0.4, 0.5) is 5.82 Å². The summed E-state index contributed by atoms with van der Waals surface area (Å²) in [6.45, 7) is 4.99. The lowest BCUT2D eigenvalue weighted by Crippen LogP contribution is -2.22. The van der Waals surface area contributed by atoms with E-state index in [9.17, 15) is 0 Å². The van der Waals surface area contributed by atoms with Crippen LogP contribution in [0.2, 0.25) is 0 Å². The van der Waals surface area contributed by atoms with E-state index in [0.717, 1.165) is 23.3 Å². The average Bonchev–Trinajstić information content (AvgIpc) is 2.18. The number of pyridine rings is 1. The van der Waals surface area contributed by atoms with E-state index in [1.165, 1.54) is 5.56 Å². The minimum atomic E-state index is 0.205. The Balaban J connectivity index is 2.73. The summed E-state index contributed by atoms with van der Waals surface area (Å²) in [4.78, 5) is 6.47. The van der Waals surface area contributed by atoms with E-state index in [0.29, 0.717) is 0 Å². The molecule has 1 aromatic heterocycles. The zero-order valence-electron chi connectivity index (χ0n) is 9.30. The largest absolute Gasteiger partial charge is 0.359 e. The third-order valence-electron chi connectivity index (χ3n) is 2.29. The Hall–Kier alpha value is -0.280. The molecule has 1 atom stereocenters. The second-order valence-corrected chi connectivity index (χ2v) is 5.29. The standard InChI is InChI=1S/C11H16BrClN2/c1-8-4-6-14-11(10(8)12)15(3)7-5-9(2)13/h4,6,9H,5,7H2,1-3H3. The van der Waals surface area contributed by atoms with Gasteiger partial charge < -0.3 is 4.90 Å². The monoisotopic (exact) mass is 290 g/mol. The molecule has 1 unspecified atom stereocenters. The Morgan fingerprint density at radius 2 is 2.27 bits per heavy atom. The number of anilines is 1. The second kappa shape index (κ2) is 5.71. The van der Waals surface area contributed by atoms with E-state index in [2.05, 4.69) is 32.7 Å². The predicted octanol–water partition coefficient (Wildman–Crippen LogP) is 3.61. The van der Waals surface area contributed by atoms with E-state index < -0.39 is 0 Å². The van der Waals surface area contributed by atoms with Gasteiger partial charge >= 0.3 is 0 Å². The third kappa shape index (κ3) is 3.65. The van der Waals surface area contributed by atoms with Gasteiger partial charge in [-0.05, 0) is 47.8 Å². The first-order valence-corrected chi connectivity index (χ1v) is 6.21. The van der Waals surface area contributed by atoms with Gasteiger partial charge in [0.15, 0.2) is 0 Å². The van der Waals surface area contributed by atoms with Crippen LogP contribution in [0.15, 0.2) is 16.7 Å². The van der Waals surface area contributed by atoms with Gasteiger partial charge in [-0.15, -0.1) is 11.6 Å². The van der Waals surface area contributed by atoms with Crippen LogP contribution in [0.3, 0.4) is 0 Å². The van der Waals surface area contributed by atoms with Crippen LogP contribution < -0.4 is 4.90 Å². The van der Waals surface area contributed by atoms with Crippen molar-refractivity contribution in [2.24, 2.45) is 0 Å². The molecule has 0 spiro atoms. The predicted molar refractivity (Wildman–Crippen MR) is 69.9 cm³/mol. The van der Waals surface area contributed by atoms with Crippen molar-refractivity contribution in [3.8, 4) is 0 Å². The second-order valence-electron chi connectivity index (χ2n) is 3.76. The highest BCUT2D eigenvalue weighted by Gasteiger charge is 2.09. The normalized spacial score (nSPS) is 12.6. The van der Waals surface area contributed by atoms with Crippen molar-refractivity contribution >= 4 is 33.3 Å². The average molecular weight is 292 g/mol. The van der Waals surface area contributed by atoms with E-state index in [-0.39, 0.29) is 5.38 Å². The van der Waals surface area contributed by atoms with Crippen molar-refractivity contribution in [1.82, 2.24) is 4.98 Å². The molecule has 0 bridgehead atoms. The topological polar surface area (TPSA) is 16.1 Å². The van der Waals surface area contributed by atoms with Crippen molar-refractivity contribution in [2.75, 3.05) is 18.5 Å². The minimum Gasteiger partial charge on any atom is -0.359 e. The molecule has 0 aliphatic heterocycles. The number of aromatic nitrogens is 1. The summed E-state index contributed by atoms with van der Waals surface area (Å²) in [5.41, 5.74) is 1.20. The van der Waals surface area contributed by atoms with Gasteiger partial charge in [0.05, 0.1) is 4.47 Å². The summed E-state index contributed by atoms with van der Waals surface area (Å²) in [5, 5.41) is 0.205. The van der Waals surface area contributed by atoms with Crippen LogP contribution in [0.25, 0.3) is 0 Å². The first-order valence-electron chi connectivity index (χ1n) is 4.98. The first-order chi connectivity index (χ1) is 7.02. The number of hydrogen-bond acceptors (Lipinski definition) is 2. The molecule has 0 saturated heterocycles. The van der Waals surface area contributed by atoms with Crippen molar-refractivity contribution in [3.63, 3.8) is 0 Å². The third-order valence-corrected chi connectivity index (χ3v) is 3.49. The fourth-order valence-electron chi connectivity index (χ4n) is 1.27. The molecular weight excluding hydrogens is 275 g/mol. The smallest absolute Gasteiger partial charge is 0.142 e. The number of aryl methyl sites for hydroxylation is 1. The van der Waals surface area contributed by atoms with Gasteiger partial charge in [-0.2, -0.15) is 0 Å². The Morgan fingerprint density at radius 1 is 1.60 bits per heavy atom. The maximum Gasteiger partial charge on any atom is 0.142 e. The molecule has 0 amide bonds. The highest BCUT2D eigenvalue weighted by molar-refractivity contribution is 9.10. The number of halogens is 2. The number of rotatable bonds is 4. The van der Waals surface area contributed by atoms with Crippen LogP contribution in [0.1, 0.15) is 18.9 Å². The Kier molecular flexibility index (Phi) is 4.87. The molecule has 0 aliphatic rings. The molecule has 0 radical (unpaired) electrons. The summed E-state index contributed by atoms with van der Waals surface area (Å²) < 4.78 is 1.06. The van der Waals surface area contributed by atoms with Crippen LogP contribution in [-0.4, -0.2) is 24.0 Å². The summed E-state index contributed by atoms with van der Waals surface area (Å²) in [5.74, 6) is 0.979. The van der Waals surface area contributed by atoms with Crippen LogP contribution >= 0.6 is 27.5 Å². The fraction of sp³-hybridized carbons (Fsp3) is 0.545. The van der Waals surface area contributed by atoms with E-state index in [1.54, 1.807) is 0 Å². The van der Waals surface area contributed by atoms with Gasteiger partial charge in [0, 0.05) is 25.2 Å². The van der Waals surface area contributed by atoms with Gasteiger partial charge in [0.2, 0.25) is 0 Å². The van der Waals surface area contributed by atoms with E-state index in [4.69, 9.17) is 11.6 Å². The van der Waals surface area contributed by atoms with Gasteiger partial charge in [-0.25, -0.2) is 4.98 Å². The Morgan fingerprint density at radius 3 is 2.87 bits per heavy atom. The van der Waals surface area contributed by atoms with Gasteiger partial charge in [-0.3, -0.25) is 0 Å². The fourth-order valence-corrected chi connectivity index (χ4v) is 1.90. The lowest BCUT2D eigenvalue weighted by Gasteiger charge is -2.20. The number of nitrogens with zero attached hydrogens (tertiary/aromatic N) is 2. The van der Waals surface area contributed by atoms with Gasteiger partial charge in [-0.1, -0.05) is 0 Å². The molecular formula is C11H16BrClN2. The van der Waals surface area contributed by atoms with Crippen LogP contribution in [0.5, 0.6) is 0 Å². The molecule has 15 heavy (non-hydrogen) atoms. The SMILES string of the molecule is Cc1ccnc(N(C)CCC(C)Cl)c1Br. The quantitative estimate of drug-likeness (QED) is 0.788. The molecule has 1 aromatic rings. The summed E-state index contributed by atoms with van der Waals surface area (Å²) in [7, 11) is 2.03. The molecule has 1 heterocycles. The van der Waals surface area contributed by atoms with Crippen LogP contribution in [-0.2, 0) is 0 Å². The molecule has 0 N–H and O–H groups in total. The number of alkyl halides is 1. The molecule has 0 fully saturated rings. The minimum absolute atomic E-state index is 0.205. The van der Waals surface area contributed by atoms with Gasteiger partial charge in [0.25, 0.3) is 0 Å². The first kappa shape index (κ1) is 12.8. The Bertz CT molecular complexity index is 328. The molecule has 84 valence electrons. The molecule has 0 aromatic carbocycles. The van der Waals surface area contributed by atoms with E-state index >= 15 is 0 Å². The lowest BCUT2D eigenvalue weighted by molar-refractivity contribution is 0.764. The summed E-state index contributed by atoms with van der Waals surface area (Å²) in [6, 6.07) is 1.99. The maximum atomic E-state index is 5.92.